The van der Waals surface area contributed by atoms with Crippen molar-refractivity contribution in [3.8, 4) is 0 Å². The van der Waals surface area contributed by atoms with Gasteiger partial charge in [-0.15, -0.1) is 11.3 Å². The third-order valence-electron chi connectivity index (χ3n) is 2.20. The normalized spacial score (nSPS) is 14.1. The second kappa shape index (κ2) is 6.15. The predicted octanol–water partition coefficient (Wildman–Crippen LogP) is 3.46. The van der Waals surface area contributed by atoms with Crippen LogP contribution in [0, 0.1) is 0 Å². The molecule has 1 rings (SSSR count). The lowest BCUT2D eigenvalue weighted by Crippen LogP contribution is -2.35. The molecule has 0 aromatic carbocycles. The molecule has 0 bridgehead atoms. The summed E-state index contributed by atoms with van der Waals surface area (Å²) in [4.78, 5) is 1.38. The summed E-state index contributed by atoms with van der Waals surface area (Å²) < 4.78 is 6.98. The molecule has 0 spiro atoms. The number of hydrogen-bond donors (Lipinski definition) is 1. The number of nitrogens with one attached hydrogen (secondary N) is 1. The molecule has 1 unspecified atom stereocenters. The van der Waals surface area contributed by atoms with Gasteiger partial charge in [-0.3, -0.25) is 0 Å². The van der Waals surface area contributed by atoms with Crippen LogP contribution in [0.1, 0.15) is 25.6 Å². The fraction of sp³-hybridized carbons (Fsp3) is 0.667. The first kappa shape index (κ1) is 14.2. The predicted molar refractivity (Wildman–Crippen MR) is 74.3 cm³/mol. The number of ether oxygens (including phenoxy) is 1. The molecule has 1 atom stereocenters. The van der Waals surface area contributed by atoms with Gasteiger partial charge in [0.2, 0.25) is 0 Å². The lowest BCUT2D eigenvalue weighted by molar-refractivity contribution is -0.0134. The molecule has 1 aromatic rings. The minimum Gasteiger partial charge on any atom is -0.374 e. The molecule has 1 heterocycles. The van der Waals surface area contributed by atoms with Crippen LogP contribution < -0.4 is 5.32 Å². The third kappa shape index (κ3) is 5.43. The van der Waals surface area contributed by atoms with Crippen molar-refractivity contribution in [3.63, 3.8) is 0 Å². The molecule has 1 N–H and O–H groups in total. The fourth-order valence-electron chi connectivity index (χ4n) is 1.30. The third-order valence-corrected chi connectivity index (χ3v) is 3.85. The summed E-state index contributed by atoms with van der Waals surface area (Å²) in [6.45, 7) is 7.00. The smallest absolute Gasteiger partial charge is 0.0701 e. The van der Waals surface area contributed by atoms with E-state index in [-0.39, 0.29) is 5.60 Å². The highest BCUT2D eigenvalue weighted by Gasteiger charge is 2.15. The fourth-order valence-corrected chi connectivity index (χ4v) is 2.86. The molecule has 0 fully saturated rings. The molecule has 0 amide bonds. The molecular weight excluding hydrogens is 286 g/mol. The summed E-state index contributed by atoms with van der Waals surface area (Å²) in [7, 11) is 1.99. The van der Waals surface area contributed by atoms with Gasteiger partial charge in [0.15, 0.2) is 0 Å². The standard InChI is InChI=1S/C12H20BrNOS/c1-12(2,3)15-8-9(14-4)7-10-5-6-11(13)16-10/h5-6,9,14H,7-8H2,1-4H3. The van der Waals surface area contributed by atoms with Crippen LogP contribution in [0.2, 0.25) is 0 Å². The zero-order chi connectivity index (χ0) is 12.2. The minimum atomic E-state index is -0.0644. The maximum absolute atomic E-state index is 5.79. The van der Waals surface area contributed by atoms with Gasteiger partial charge in [-0.2, -0.15) is 0 Å². The van der Waals surface area contributed by atoms with Crippen LogP contribution in [0.15, 0.2) is 15.9 Å². The van der Waals surface area contributed by atoms with Crippen LogP contribution in [-0.2, 0) is 11.2 Å². The number of rotatable bonds is 5. The first-order chi connectivity index (χ1) is 7.40. The van der Waals surface area contributed by atoms with E-state index in [4.69, 9.17) is 4.74 Å². The summed E-state index contributed by atoms with van der Waals surface area (Å²) in [5.41, 5.74) is -0.0644. The zero-order valence-electron chi connectivity index (χ0n) is 10.3. The van der Waals surface area contributed by atoms with Crippen LogP contribution >= 0.6 is 27.3 Å². The van der Waals surface area contributed by atoms with Gasteiger partial charge in [0, 0.05) is 10.9 Å². The van der Waals surface area contributed by atoms with Gasteiger partial charge in [0.1, 0.15) is 0 Å². The number of halogens is 1. The van der Waals surface area contributed by atoms with Crippen molar-refractivity contribution in [1.82, 2.24) is 5.32 Å². The summed E-state index contributed by atoms with van der Waals surface area (Å²) in [5.74, 6) is 0. The van der Waals surface area contributed by atoms with E-state index in [2.05, 4.69) is 54.2 Å². The first-order valence-corrected chi connectivity index (χ1v) is 7.07. The van der Waals surface area contributed by atoms with Gasteiger partial charge in [0.25, 0.3) is 0 Å². The van der Waals surface area contributed by atoms with Crippen molar-refractivity contribution in [2.45, 2.75) is 38.8 Å². The highest BCUT2D eigenvalue weighted by Crippen LogP contribution is 2.23. The Hall–Kier alpha value is 0.1000. The van der Waals surface area contributed by atoms with Crippen molar-refractivity contribution in [3.05, 3.63) is 20.8 Å². The molecule has 0 aliphatic heterocycles. The Kier molecular flexibility index (Phi) is 5.44. The van der Waals surface area contributed by atoms with Gasteiger partial charge in [-0.05, 0) is 62.3 Å². The first-order valence-electron chi connectivity index (χ1n) is 5.46. The molecule has 0 aliphatic carbocycles. The molecule has 0 aliphatic rings. The van der Waals surface area contributed by atoms with Crippen molar-refractivity contribution < 1.29 is 4.74 Å². The minimum absolute atomic E-state index is 0.0644. The van der Waals surface area contributed by atoms with Gasteiger partial charge in [0.05, 0.1) is 16.0 Å². The van der Waals surface area contributed by atoms with Gasteiger partial charge >= 0.3 is 0 Å². The maximum Gasteiger partial charge on any atom is 0.0701 e. The summed E-state index contributed by atoms with van der Waals surface area (Å²) in [6, 6.07) is 4.64. The van der Waals surface area contributed by atoms with E-state index in [1.165, 1.54) is 8.66 Å². The molecule has 2 nitrogen and oxygen atoms in total. The molecular formula is C12H20BrNOS. The van der Waals surface area contributed by atoms with Crippen LogP contribution in [0.25, 0.3) is 0 Å². The van der Waals surface area contributed by atoms with Crippen LogP contribution in [0.5, 0.6) is 0 Å². The Bertz CT molecular complexity index is 319. The van der Waals surface area contributed by atoms with Crippen molar-refractivity contribution in [2.75, 3.05) is 13.7 Å². The molecule has 0 radical (unpaired) electrons. The number of likely N-dealkylation sites (N-methyl/N-ethyl adjacent to an activating group) is 1. The molecule has 4 heteroatoms. The SMILES string of the molecule is CNC(COC(C)(C)C)Cc1ccc(Br)s1. The number of thiophene rings is 1. The van der Waals surface area contributed by atoms with E-state index in [9.17, 15) is 0 Å². The van der Waals surface area contributed by atoms with E-state index in [1.54, 1.807) is 11.3 Å². The average molecular weight is 306 g/mol. The average Bonchev–Trinajstić information content (AvgIpc) is 2.57. The largest absolute Gasteiger partial charge is 0.374 e. The van der Waals surface area contributed by atoms with E-state index in [0.717, 1.165) is 13.0 Å². The Morgan fingerprint density at radius 2 is 2.12 bits per heavy atom. The molecule has 0 saturated carbocycles. The number of hydrogen-bond acceptors (Lipinski definition) is 3. The summed E-state index contributed by atoms with van der Waals surface area (Å²) in [5, 5.41) is 3.30. The Morgan fingerprint density at radius 1 is 1.44 bits per heavy atom. The van der Waals surface area contributed by atoms with Crippen LogP contribution in [-0.4, -0.2) is 25.3 Å². The van der Waals surface area contributed by atoms with Crippen molar-refractivity contribution in [1.29, 1.82) is 0 Å². The van der Waals surface area contributed by atoms with E-state index in [1.807, 2.05) is 7.05 Å². The van der Waals surface area contributed by atoms with Gasteiger partial charge in [-0.25, -0.2) is 0 Å². The van der Waals surface area contributed by atoms with Gasteiger partial charge in [-0.1, -0.05) is 0 Å². The van der Waals surface area contributed by atoms with E-state index >= 15 is 0 Å². The highest BCUT2D eigenvalue weighted by molar-refractivity contribution is 9.11. The van der Waals surface area contributed by atoms with Crippen LogP contribution in [0.3, 0.4) is 0 Å². The Morgan fingerprint density at radius 3 is 2.56 bits per heavy atom. The Labute approximate surface area is 111 Å². The van der Waals surface area contributed by atoms with Crippen LogP contribution in [0.4, 0.5) is 0 Å². The van der Waals surface area contributed by atoms with Gasteiger partial charge < -0.3 is 10.1 Å². The lowest BCUT2D eigenvalue weighted by Gasteiger charge is -2.24. The van der Waals surface area contributed by atoms with Crippen molar-refractivity contribution in [2.24, 2.45) is 0 Å². The molecule has 92 valence electrons. The monoisotopic (exact) mass is 305 g/mol. The summed E-state index contributed by atoms with van der Waals surface area (Å²) >= 11 is 5.27. The topological polar surface area (TPSA) is 21.3 Å². The van der Waals surface area contributed by atoms with Crippen molar-refractivity contribution >= 4 is 27.3 Å². The lowest BCUT2D eigenvalue weighted by atomic mass is 10.1. The molecule has 1 aromatic heterocycles. The molecule has 0 saturated heterocycles. The quantitative estimate of drug-likeness (QED) is 0.899. The highest BCUT2D eigenvalue weighted by atomic mass is 79.9. The molecule has 16 heavy (non-hydrogen) atoms. The maximum atomic E-state index is 5.79. The van der Waals surface area contributed by atoms with E-state index in [0.29, 0.717) is 6.04 Å². The van der Waals surface area contributed by atoms with E-state index < -0.39 is 0 Å². The second-order valence-electron chi connectivity index (χ2n) is 4.82. The summed E-state index contributed by atoms with van der Waals surface area (Å²) in [6.07, 6.45) is 1.02. The second-order valence-corrected chi connectivity index (χ2v) is 7.37. The zero-order valence-corrected chi connectivity index (χ0v) is 12.7. The Balaban J connectivity index is 2.43.